The Morgan fingerprint density at radius 3 is 2.53 bits per heavy atom. The van der Waals surface area contributed by atoms with Crippen LogP contribution in [0.15, 0.2) is 41.0 Å². The van der Waals surface area contributed by atoms with Crippen LogP contribution in [0.1, 0.15) is 0 Å². The molecule has 0 fully saturated rings. The number of nitrogens with two attached hydrogens (primary N) is 1. The average molecular weight is 273 g/mol. The molecular formula is C12H10F3NO3. The van der Waals surface area contributed by atoms with Crippen LogP contribution < -0.4 is 5.73 Å². The summed E-state index contributed by atoms with van der Waals surface area (Å²) < 4.78 is 43.1. The molecule has 102 valence electrons. The Hall–Kier alpha value is -2.11. The Morgan fingerprint density at radius 1 is 1.58 bits per heavy atom. The molecule has 19 heavy (non-hydrogen) atoms. The van der Waals surface area contributed by atoms with Gasteiger partial charge >= 0.3 is 12.1 Å². The van der Waals surface area contributed by atoms with E-state index in [0.29, 0.717) is 0 Å². The SMILES string of the molecule is C=CC1=C(C(F)(F)F)C(=C=O)C(N)C(C(=O)OC)=C1. The van der Waals surface area contributed by atoms with Crippen LogP contribution in [0, 0.1) is 0 Å². The van der Waals surface area contributed by atoms with E-state index in [4.69, 9.17) is 5.73 Å². The maximum absolute atomic E-state index is 12.9. The summed E-state index contributed by atoms with van der Waals surface area (Å²) >= 11 is 0. The zero-order valence-corrected chi connectivity index (χ0v) is 9.88. The van der Waals surface area contributed by atoms with E-state index in [2.05, 4.69) is 11.3 Å². The van der Waals surface area contributed by atoms with Gasteiger partial charge < -0.3 is 10.5 Å². The number of carbonyl (C=O) groups excluding carboxylic acids is 2. The molecule has 1 aliphatic rings. The molecular weight excluding hydrogens is 263 g/mol. The number of methoxy groups -OCH3 is 1. The highest BCUT2D eigenvalue weighted by Crippen LogP contribution is 2.39. The molecule has 1 rings (SSSR count). The van der Waals surface area contributed by atoms with Crippen molar-refractivity contribution in [2.24, 2.45) is 5.73 Å². The van der Waals surface area contributed by atoms with E-state index in [0.717, 1.165) is 25.2 Å². The number of allylic oxidation sites excluding steroid dienone is 3. The Balaban J connectivity index is 3.60. The number of carbonyl (C=O) groups is 1. The van der Waals surface area contributed by atoms with E-state index in [9.17, 15) is 22.8 Å². The highest BCUT2D eigenvalue weighted by atomic mass is 19.4. The highest BCUT2D eigenvalue weighted by Gasteiger charge is 2.44. The number of halogens is 3. The third-order valence-corrected chi connectivity index (χ3v) is 2.55. The molecule has 7 heteroatoms. The van der Waals surface area contributed by atoms with Crippen molar-refractivity contribution in [1.29, 1.82) is 0 Å². The van der Waals surface area contributed by atoms with Crippen molar-refractivity contribution in [3.05, 3.63) is 41.0 Å². The second-order valence-electron chi connectivity index (χ2n) is 3.62. The third kappa shape index (κ3) is 2.67. The van der Waals surface area contributed by atoms with E-state index in [-0.39, 0.29) is 5.57 Å². The van der Waals surface area contributed by atoms with Crippen molar-refractivity contribution < 1.29 is 27.5 Å². The number of rotatable bonds is 2. The van der Waals surface area contributed by atoms with E-state index in [1.165, 1.54) is 0 Å². The minimum atomic E-state index is -4.80. The van der Waals surface area contributed by atoms with Crippen LogP contribution in [-0.2, 0) is 14.3 Å². The fourth-order valence-corrected chi connectivity index (χ4v) is 1.69. The van der Waals surface area contributed by atoms with Crippen molar-refractivity contribution in [2.75, 3.05) is 7.11 Å². The van der Waals surface area contributed by atoms with Crippen LogP contribution in [0.5, 0.6) is 0 Å². The molecule has 0 aromatic heterocycles. The molecule has 0 aromatic rings. The van der Waals surface area contributed by atoms with Gasteiger partial charge in [0.2, 0.25) is 0 Å². The third-order valence-electron chi connectivity index (χ3n) is 2.55. The molecule has 0 amide bonds. The zero-order chi connectivity index (χ0) is 14.8. The number of alkyl halides is 3. The first kappa shape index (κ1) is 14.9. The molecule has 0 aliphatic heterocycles. The molecule has 1 aliphatic carbocycles. The minimum Gasteiger partial charge on any atom is -0.466 e. The molecule has 0 aromatic carbocycles. The van der Waals surface area contributed by atoms with Crippen LogP contribution in [0.25, 0.3) is 0 Å². The monoisotopic (exact) mass is 273 g/mol. The van der Waals surface area contributed by atoms with Crippen molar-refractivity contribution in [1.82, 2.24) is 0 Å². The first-order valence-electron chi connectivity index (χ1n) is 5.02. The van der Waals surface area contributed by atoms with Gasteiger partial charge in [-0.25, -0.2) is 9.59 Å². The summed E-state index contributed by atoms with van der Waals surface area (Å²) in [5.41, 5.74) is 2.71. The lowest BCUT2D eigenvalue weighted by atomic mass is 9.84. The van der Waals surface area contributed by atoms with Gasteiger partial charge in [-0.3, -0.25) is 0 Å². The standard InChI is InChI=1S/C12H10F3NO3/c1-3-6-4-7(11(18)19-2)10(16)8(5-17)9(6)12(13,14)15/h3-4,10H,1,16H2,2H3. The van der Waals surface area contributed by atoms with Gasteiger partial charge in [-0.1, -0.05) is 12.7 Å². The lowest BCUT2D eigenvalue weighted by Crippen LogP contribution is -2.37. The van der Waals surface area contributed by atoms with Crippen LogP contribution in [0.3, 0.4) is 0 Å². The predicted molar refractivity (Wildman–Crippen MR) is 60.6 cm³/mol. The normalized spacial score (nSPS) is 19.7. The molecule has 1 atom stereocenters. The smallest absolute Gasteiger partial charge is 0.418 e. The van der Waals surface area contributed by atoms with Crippen molar-refractivity contribution >= 4 is 11.9 Å². The second kappa shape index (κ2) is 5.26. The van der Waals surface area contributed by atoms with Crippen LogP contribution in [0.2, 0.25) is 0 Å². The first-order chi connectivity index (χ1) is 8.77. The second-order valence-corrected chi connectivity index (χ2v) is 3.62. The number of ether oxygens (including phenoxy) is 1. The summed E-state index contributed by atoms with van der Waals surface area (Å²) in [6.07, 6.45) is -3.01. The number of hydrogen-bond acceptors (Lipinski definition) is 4. The Bertz CT molecular complexity index is 537. The van der Waals surface area contributed by atoms with E-state index >= 15 is 0 Å². The van der Waals surface area contributed by atoms with Crippen molar-refractivity contribution in [3.8, 4) is 0 Å². The topological polar surface area (TPSA) is 69.4 Å². The van der Waals surface area contributed by atoms with Gasteiger partial charge in [-0.2, -0.15) is 13.2 Å². The van der Waals surface area contributed by atoms with Gasteiger partial charge in [0.1, 0.15) is 5.94 Å². The molecule has 0 saturated heterocycles. The van der Waals surface area contributed by atoms with Crippen molar-refractivity contribution in [3.63, 3.8) is 0 Å². The number of hydrogen-bond donors (Lipinski definition) is 1. The van der Waals surface area contributed by atoms with Gasteiger partial charge in [0.05, 0.1) is 29.9 Å². The summed E-state index contributed by atoms with van der Waals surface area (Å²) in [5.74, 6) is 0.235. The summed E-state index contributed by atoms with van der Waals surface area (Å²) in [6.45, 7) is 3.22. The Morgan fingerprint density at radius 2 is 2.16 bits per heavy atom. The van der Waals surface area contributed by atoms with Gasteiger partial charge in [0.15, 0.2) is 0 Å². The van der Waals surface area contributed by atoms with Crippen molar-refractivity contribution in [2.45, 2.75) is 12.2 Å². The van der Waals surface area contributed by atoms with Gasteiger partial charge in [-0.05, 0) is 11.6 Å². The summed E-state index contributed by atoms with van der Waals surface area (Å²) in [5, 5.41) is 0. The molecule has 0 radical (unpaired) electrons. The molecule has 0 bridgehead atoms. The first-order valence-corrected chi connectivity index (χ1v) is 5.02. The van der Waals surface area contributed by atoms with Gasteiger partial charge in [-0.15, -0.1) is 0 Å². The lowest BCUT2D eigenvalue weighted by Gasteiger charge is -2.25. The maximum atomic E-state index is 12.9. The summed E-state index contributed by atoms with van der Waals surface area (Å²) in [6, 6.07) is -1.54. The van der Waals surface area contributed by atoms with Gasteiger partial charge in [0.25, 0.3) is 0 Å². The summed E-state index contributed by atoms with van der Waals surface area (Å²) in [4.78, 5) is 22.2. The van der Waals surface area contributed by atoms with E-state index < -0.39 is 34.9 Å². The Labute approximate surface area is 106 Å². The van der Waals surface area contributed by atoms with Gasteiger partial charge in [0, 0.05) is 0 Å². The highest BCUT2D eigenvalue weighted by molar-refractivity contribution is 5.94. The van der Waals surface area contributed by atoms with E-state index in [1.807, 2.05) is 0 Å². The fraction of sp³-hybridized carbons (Fsp3) is 0.250. The van der Waals surface area contributed by atoms with E-state index in [1.54, 1.807) is 0 Å². The average Bonchev–Trinajstić information content (AvgIpc) is 2.35. The van der Waals surface area contributed by atoms with Crippen LogP contribution in [-0.4, -0.2) is 31.2 Å². The predicted octanol–water partition coefficient (Wildman–Crippen LogP) is 1.23. The maximum Gasteiger partial charge on any atom is 0.418 e. The summed E-state index contributed by atoms with van der Waals surface area (Å²) in [7, 11) is 1.05. The Kier molecular flexibility index (Phi) is 4.14. The molecule has 0 spiro atoms. The van der Waals surface area contributed by atoms with Crippen LogP contribution >= 0.6 is 0 Å². The molecule has 0 saturated carbocycles. The zero-order valence-electron chi connectivity index (χ0n) is 9.88. The fourth-order valence-electron chi connectivity index (χ4n) is 1.69. The number of esters is 1. The molecule has 2 N–H and O–H groups in total. The van der Waals surface area contributed by atoms with Crippen LogP contribution in [0.4, 0.5) is 13.2 Å². The molecule has 0 heterocycles. The quantitative estimate of drug-likeness (QED) is 0.607. The molecule has 1 unspecified atom stereocenters. The molecule has 4 nitrogen and oxygen atoms in total. The minimum absolute atomic E-state index is 0.260. The lowest BCUT2D eigenvalue weighted by molar-refractivity contribution is -0.136. The largest absolute Gasteiger partial charge is 0.466 e.